The summed E-state index contributed by atoms with van der Waals surface area (Å²) in [7, 11) is 1.68. The molecule has 0 amide bonds. The van der Waals surface area contributed by atoms with Crippen molar-refractivity contribution < 1.29 is 4.74 Å². The van der Waals surface area contributed by atoms with E-state index in [9.17, 15) is 0 Å². The molecule has 0 aliphatic heterocycles. The number of benzene rings is 1. The predicted octanol–water partition coefficient (Wildman–Crippen LogP) is 1.96. The lowest BCUT2D eigenvalue weighted by Crippen LogP contribution is -2.49. The van der Waals surface area contributed by atoms with E-state index in [0.717, 1.165) is 18.6 Å². The number of hydrogen-bond donors (Lipinski definition) is 2. The average molecular weight is 260 g/mol. The lowest BCUT2D eigenvalue weighted by molar-refractivity contribution is 0.356. The normalized spacial score (nSPS) is 13.3. The fourth-order valence-corrected chi connectivity index (χ4v) is 1.82. The third kappa shape index (κ3) is 5.34. The predicted molar refractivity (Wildman–Crippen MR) is 80.2 cm³/mol. The lowest BCUT2D eigenvalue weighted by atomic mass is 9.93. The largest absolute Gasteiger partial charge is 0.497 e. The minimum atomic E-state index is -0.0657. The molecule has 1 aromatic rings. The van der Waals surface area contributed by atoms with Gasteiger partial charge in [0.15, 0.2) is 0 Å². The van der Waals surface area contributed by atoms with Crippen LogP contribution in [0.25, 0.3) is 0 Å². The quantitative estimate of drug-likeness (QED) is 0.737. The molecule has 104 valence electrons. The summed E-state index contributed by atoms with van der Waals surface area (Å²) in [4.78, 5) is 0. The van der Waals surface area contributed by atoms with E-state index in [1.165, 1.54) is 5.56 Å². The molecule has 1 aromatic carbocycles. The molecule has 0 fully saturated rings. The molecule has 0 spiro atoms. The van der Waals surface area contributed by atoms with Crippen LogP contribution in [0.2, 0.25) is 0 Å². The molecule has 0 aliphatic carbocycles. The van der Waals surface area contributed by atoms with Crippen molar-refractivity contribution in [2.24, 2.45) is 5.73 Å². The number of methoxy groups -OCH3 is 1. The van der Waals surface area contributed by atoms with Crippen LogP contribution in [0.15, 0.2) is 24.3 Å². The second-order valence-electron chi connectivity index (χ2n) is 4.89. The van der Waals surface area contributed by atoms with Gasteiger partial charge < -0.3 is 10.5 Å². The van der Waals surface area contributed by atoms with Crippen LogP contribution in [0, 0.1) is 11.8 Å². The first-order valence-corrected chi connectivity index (χ1v) is 6.61. The summed E-state index contributed by atoms with van der Waals surface area (Å²) >= 11 is 0. The van der Waals surface area contributed by atoms with Gasteiger partial charge in [0.05, 0.1) is 13.7 Å². The van der Waals surface area contributed by atoms with E-state index in [4.69, 9.17) is 10.5 Å². The highest BCUT2D eigenvalue weighted by Gasteiger charge is 2.20. The van der Waals surface area contributed by atoms with Crippen molar-refractivity contribution >= 4 is 0 Å². The SMILES string of the molecule is CC#CCNC(C)(CN)CCc1ccc(OC)cc1. The van der Waals surface area contributed by atoms with Crippen molar-refractivity contribution in [1.29, 1.82) is 0 Å². The second-order valence-corrected chi connectivity index (χ2v) is 4.89. The number of ether oxygens (including phenoxy) is 1. The maximum absolute atomic E-state index is 5.87. The smallest absolute Gasteiger partial charge is 0.118 e. The minimum Gasteiger partial charge on any atom is -0.497 e. The van der Waals surface area contributed by atoms with Gasteiger partial charge in [0.2, 0.25) is 0 Å². The van der Waals surface area contributed by atoms with Gasteiger partial charge in [0.25, 0.3) is 0 Å². The van der Waals surface area contributed by atoms with Crippen LogP contribution in [0.4, 0.5) is 0 Å². The standard InChI is InChI=1S/C16H24N2O/c1-4-5-12-18-16(2,13-17)11-10-14-6-8-15(19-3)9-7-14/h6-9,18H,10-13,17H2,1-3H3. The fourth-order valence-electron chi connectivity index (χ4n) is 1.82. The molecule has 19 heavy (non-hydrogen) atoms. The molecular formula is C16H24N2O. The summed E-state index contributed by atoms with van der Waals surface area (Å²) in [6.07, 6.45) is 1.98. The summed E-state index contributed by atoms with van der Waals surface area (Å²) in [6, 6.07) is 8.18. The van der Waals surface area contributed by atoms with E-state index < -0.39 is 0 Å². The summed E-state index contributed by atoms with van der Waals surface area (Å²) in [5, 5.41) is 3.42. The lowest BCUT2D eigenvalue weighted by Gasteiger charge is -2.28. The van der Waals surface area contributed by atoms with Gasteiger partial charge in [-0.3, -0.25) is 5.32 Å². The number of nitrogens with two attached hydrogens (primary N) is 1. The Morgan fingerprint density at radius 1 is 1.32 bits per heavy atom. The summed E-state index contributed by atoms with van der Waals surface area (Å²) in [5.41, 5.74) is 7.10. The van der Waals surface area contributed by atoms with Crippen molar-refractivity contribution in [3.05, 3.63) is 29.8 Å². The van der Waals surface area contributed by atoms with Crippen LogP contribution in [-0.4, -0.2) is 25.7 Å². The first-order valence-electron chi connectivity index (χ1n) is 6.61. The highest BCUT2D eigenvalue weighted by Crippen LogP contribution is 2.16. The van der Waals surface area contributed by atoms with Gasteiger partial charge in [0, 0.05) is 12.1 Å². The molecule has 1 atom stereocenters. The van der Waals surface area contributed by atoms with E-state index in [1.54, 1.807) is 7.11 Å². The third-order valence-electron chi connectivity index (χ3n) is 3.36. The van der Waals surface area contributed by atoms with Crippen molar-refractivity contribution in [2.75, 3.05) is 20.2 Å². The Hall–Kier alpha value is -1.50. The highest BCUT2D eigenvalue weighted by molar-refractivity contribution is 5.27. The number of rotatable bonds is 7. The molecule has 3 N–H and O–H groups in total. The monoisotopic (exact) mass is 260 g/mol. The summed E-state index contributed by atoms with van der Waals surface area (Å²) in [5.74, 6) is 6.79. The highest BCUT2D eigenvalue weighted by atomic mass is 16.5. The van der Waals surface area contributed by atoms with E-state index >= 15 is 0 Å². The van der Waals surface area contributed by atoms with Gasteiger partial charge in [-0.2, -0.15) is 0 Å². The molecule has 3 nitrogen and oxygen atoms in total. The Bertz CT molecular complexity index is 430. The Kier molecular flexibility index (Phi) is 6.41. The Balaban J connectivity index is 2.52. The van der Waals surface area contributed by atoms with Crippen LogP contribution in [0.1, 0.15) is 25.8 Å². The van der Waals surface area contributed by atoms with Crippen LogP contribution in [-0.2, 0) is 6.42 Å². The fraction of sp³-hybridized carbons (Fsp3) is 0.500. The van der Waals surface area contributed by atoms with Crippen molar-refractivity contribution in [1.82, 2.24) is 5.32 Å². The average Bonchev–Trinajstić information content (AvgIpc) is 2.46. The van der Waals surface area contributed by atoms with E-state index in [0.29, 0.717) is 13.1 Å². The van der Waals surface area contributed by atoms with Crippen LogP contribution < -0.4 is 15.8 Å². The van der Waals surface area contributed by atoms with Gasteiger partial charge >= 0.3 is 0 Å². The Labute approximate surface area is 116 Å². The van der Waals surface area contributed by atoms with Gasteiger partial charge in [-0.15, -0.1) is 5.92 Å². The van der Waals surface area contributed by atoms with E-state index in [2.05, 4.69) is 36.2 Å². The maximum Gasteiger partial charge on any atom is 0.118 e. The van der Waals surface area contributed by atoms with Crippen molar-refractivity contribution in [3.8, 4) is 17.6 Å². The van der Waals surface area contributed by atoms with Crippen LogP contribution in [0.5, 0.6) is 5.75 Å². The molecule has 1 rings (SSSR count). The van der Waals surface area contributed by atoms with E-state index in [1.807, 2.05) is 19.1 Å². The van der Waals surface area contributed by atoms with Crippen LogP contribution >= 0.6 is 0 Å². The number of aryl methyl sites for hydroxylation is 1. The second kappa shape index (κ2) is 7.83. The minimum absolute atomic E-state index is 0.0657. The maximum atomic E-state index is 5.87. The van der Waals surface area contributed by atoms with Crippen LogP contribution in [0.3, 0.4) is 0 Å². The topological polar surface area (TPSA) is 47.3 Å². The molecule has 0 heterocycles. The summed E-state index contributed by atoms with van der Waals surface area (Å²) < 4.78 is 5.15. The molecule has 0 aliphatic rings. The zero-order valence-electron chi connectivity index (χ0n) is 12.1. The molecule has 0 saturated carbocycles. The van der Waals surface area contributed by atoms with Gasteiger partial charge in [-0.1, -0.05) is 18.1 Å². The van der Waals surface area contributed by atoms with Gasteiger partial charge in [0.1, 0.15) is 5.75 Å². The molecular weight excluding hydrogens is 236 g/mol. The molecule has 1 unspecified atom stereocenters. The number of nitrogens with one attached hydrogen (secondary N) is 1. The zero-order valence-corrected chi connectivity index (χ0v) is 12.1. The first kappa shape index (κ1) is 15.6. The Morgan fingerprint density at radius 3 is 2.53 bits per heavy atom. The third-order valence-corrected chi connectivity index (χ3v) is 3.36. The number of hydrogen-bond acceptors (Lipinski definition) is 3. The van der Waals surface area contributed by atoms with Gasteiger partial charge in [-0.05, 0) is 44.4 Å². The summed E-state index contributed by atoms with van der Waals surface area (Å²) in [6.45, 7) is 5.29. The first-order chi connectivity index (χ1) is 9.13. The molecule has 3 heteroatoms. The van der Waals surface area contributed by atoms with Crippen molar-refractivity contribution in [3.63, 3.8) is 0 Å². The molecule has 0 aromatic heterocycles. The van der Waals surface area contributed by atoms with Crippen molar-refractivity contribution in [2.45, 2.75) is 32.2 Å². The molecule has 0 saturated heterocycles. The van der Waals surface area contributed by atoms with E-state index in [-0.39, 0.29) is 5.54 Å². The zero-order chi connectivity index (χ0) is 14.1. The Morgan fingerprint density at radius 2 is 2.00 bits per heavy atom. The molecule has 0 bridgehead atoms. The van der Waals surface area contributed by atoms with Gasteiger partial charge in [-0.25, -0.2) is 0 Å². The molecule has 0 radical (unpaired) electrons.